The lowest BCUT2D eigenvalue weighted by molar-refractivity contribution is -0.137. The van der Waals surface area contributed by atoms with Crippen LogP contribution >= 0.6 is 27.5 Å². The number of nitrogens with one attached hydrogen (secondary N) is 1. The van der Waals surface area contributed by atoms with E-state index in [0.29, 0.717) is 9.86 Å². The number of carboxylic acid groups (broad SMARTS) is 1. The summed E-state index contributed by atoms with van der Waals surface area (Å²) in [5.74, 6) is -4.83. The second-order valence-electron chi connectivity index (χ2n) is 10.9. The molecule has 16 radical (unpaired) electrons. The van der Waals surface area contributed by atoms with Crippen molar-refractivity contribution < 1.29 is 23.5 Å². The first-order valence-corrected chi connectivity index (χ1v) is 14.2. The second-order valence-corrected chi connectivity index (χ2v) is 12.2. The molecule has 18 heteroatoms. The monoisotopic (exact) mass is 659 g/mol. The van der Waals surface area contributed by atoms with Gasteiger partial charge in [-0.15, -0.1) is 10.4 Å². The summed E-state index contributed by atoms with van der Waals surface area (Å²) in [6.07, 6.45) is -0.591. The van der Waals surface area contributed by atoms with Crippen LogP contribution in [-0.2, 0) is 4.79 Å². The zero-order valence-corrected chi connectivity index (χ0v) is 25.7. The lowest BCUT2D eigenvalue weighted by Gasteiger charge is -2.49. The third-order valence-corrected chi connectivity index (χ3v) is 8.93. The Morgan fingerprint density at radius 1 is 1.02 bits per heavy atom. The van der Waals surface area contributed by atoms with E-state index in [4.69, 9.17) is 74.4 Å². The van der Waals surface area contributed by atoms with Crippen LogP contribution in [0.25, 0.3) is 10.9 Å². The van der Waals surface area contributed by atoms with Gasteiger partial charge < -0.3 is 15.3 Å². The van der Waals surface area contributed by atoms with Crippen LogP contribution in [-0.4, -0.2) is 102 Å². The van der Waals surface area contributed by atoms with E-state index in [1.165, 1.54) is 6.92 Å². The average molecular weight is 659 g/mol. The topological polar surface area (TPSA) is 82.5 Å². The van der Waals surface area contributed by atoms with Gasteiger partial charge in [-0.25, -0.2) is 13.8 Å². The number of fused-ring (bicyclic) bond motifs is 1. The highest BCUT2D eigenvalue weighted by atomic mass is 79.9. The number of rotatable bonds is 8. The number of nitrogens with zero attached hydrogens (tertiary/aromatic N) is 2. The van der Waals surface area contributed by atoms with Crippen LogP contribution in [0.2, 0.25) is 15.5 Å². The van der Waals surface area contributed by atoms with Gasteiger partial charge in [-0.05, 0) is 54.4 Å². The second kappa shape index (κ2) is 11.8. The van der Waals surface area contributed by atoms with Gasteiger partial charge in [0.1, 0.15) is 17.5 Å². The molecule has 206 valence electrons. The van der Waals surface area contributed by atoms with Crippen molar-refractivity contribution in [1.29, 1.82) is 0 Å². The Kier molecular flexibility index (Phi) is 9.31. The molecule has 1 saturated heterocycles. The van der Waals surface area contributed by atoms with E-state index in [1.807, 2.05) is 0 Å². The number of benzene rings is 2. The van der Waals surface area contributed by atoms with Gasteiger partial charge in [0, 0.05) is 39.9 Å². The van der Waals surface area contributed by atoms with E-state index in [2.05, 4.69) is 26.2 Å². The van der Waals surface area contributed by atoms with Gasteiger partial charge in [0.25, 0.3) is 5.91 Å². The Morgan fingerprint density at radius 2 is 1.59 bits per heavy atom. The molecule has 0 saturated carbocycles. The highest BCUT2D eigenvalue weighted by molar-refractivity contribution is 9.10. The van der Waals surface area contributed by atoms with Crippen LogP contribution in [0.1, 0.15) is 40.2 Å². The third kappa shape index (κ3) is 5.44. The zero-order valence-electron chi connectivity index (χ0n) is 23.4. The lowest BCUT2D eigenvalue weighted by atomic mass is 9.17. The summed E-state index contributed by atoms with van der Waals surface area (Å²) in [5.41, 5.74) is 0.131. The molecule has 44 heavy (non-hydrogen) atoms. The molecule has 0 aliphatic carbocycles. The first-order valence-electron chi connectivity index (χ1n) is 13.0. The highest BCUT2D eigenvalue weighted by Crippen LogP contribution is 2.64. The zero-order chi connectivity index (χ0) is 33.2. The minimum atomic E-state index is -2.30. The Morgan fingerprint density at radius 3 is 2.16 bits per heavy atom. The van der Waals surface area contributed by atoms with E-state index >= 15 is 0 Å². The molecule has 2 N–H and O–H groups in total. The number of anilines is 1. The van der Waals surface area contributed by atoms with E-state index in [9.17, 15) is 23.5 Å². The Labute approximate surface area is 278 Å². The molecule has 2 heterocycles. The largest absolute Gasteiger partial charge is 0.481 e. The number of amides is 1. The fraction of sp³-hybridized carbons (Fsp3) is 0.346. The SMILES string of the molecule is [B]C1([B])N(c2nc3ccc(Br)cc3c(C(=O)NCC(CCC(=O)O)c3c(F)ccc(F)c3Cl)c2C)C([B])([B])C([B])([B])C1([B])[B]. The summed E-state index contributed by atoms with van der Waals surface area (Å²) < 4.78 is 29.7. The van der Waals surface area contributed by atoms with Crippen molar-refractivity contribution in [2.24, 2.45) is 0 Å². The van der Waals surface area contributed by atoms with Crippen molar-refractivity contribution in [3.05, 3.63) is 68.2 Å². The molecule has 3 aromatic rings. The standard InChI is InChI=1S/C26H17B8BrClF2N3O3/c1-10-18(22(44)39-9-11(2-7-17(42)43)19-14(37)4-5-15(38)20(19)36)13-8-12(35)3-6-16(13)40-21(10)41-25(31,32)23(27,28)24(29,30)26(41,33)34/h3-6,8,11H,2,7,9H2,1H3,(H,39,44)(H,42,43). The van der Waals surface area contributed by atoms with Gasteiger partial charge in [-0.2, -0.15) is 0 Å². The number of aromatic nitrogens is 1. The molecule has 1 atom stereocenters. The van der Waals surface area contributed by atoms with Gasteiger partial charge in [0.15, 0.2) is 0 Å². The van der Waals surface area contributed by atoms with Gasteiger partial charge in [0.2, 0.25) is 0 Å². The molecule has 1 aromatic heterocycles. The molecule has 1 unspecified atom stereocenters. The van der Waals surface area contributed by atoms with Crippen molar-refractivity contribution >= 4 is 119 Å². The molecule has 1 aliphatic heterocycles. The van der Waals surface area contributed by atoms with Crippen LogP contribution in [0.15, 0.2) is 34.8 Å². The number of hydrogen-bond acceptors (Lipinski definition) is 4. The van der Waals surface area contributed by atoms with Crippen molar-refractivity contribution in [1.82, 2.24) is 10.3 Å². The Bertz CT molecular complexity index is 1660. The average Bonchev–Trinajstić information content (AvgIpc) is 2.98. The van der Waals surface area contributed by atoms with Crippen LogP contribution in [0, 0.1) is 18.6 Å². The molecular formula is C26H17B8BrClF2N3O3. The number of carboxylic acids is 1. The molecule has 6 nitrogen and oxygen atoms in total. The quantitative estimate of drug-likeness (QED) is 0.287. The summed E-state index contributed by atoms with van der Waals surface area (Å²) in [6, 6.07) is 6.56. The maximum Gasteiger partial charge on any atom is 0.303 e. The first kappa shape index (κ1) is 34.6. The molecule has 2 aromatic carbocycles. The van der Waals surface area contributed by atoms with Crippen LogP contribution in [0.5, 0.6) is 0 Å². The van der Waals surface area contributed by atoms with Gasteiger partial charge in [0.05, 0.1) is 78.9 Å². The maximum absolute atomic E-state index is 14.8. The maximum atomic E-state index is 14.8. The highest BCUT2D eigenvalue weighted by Gasteiger charge is 2.63. The van der Waals surface area contributed by atoms with Crippen LogP contribution in [0.3, 0.4) is 0 Å². The van der Waals surface area contributed by atoms with Crippen molar-refractivity contribution in [2.45, 2.75) is 46.8 Å². The molecule has 4 rings (SSSR count). The summed E-state index contributed by atoms with van der Waals surface area (Å²) in [4.78, 5) is 30.8. The third-order valence-electron chi connectivity index (χ3n) is 8.06. The van der Waals surface area contributed by atoms with Crippen molar-refractivity contribution in [2.75, 3.05) is 11.4 Å². The minimum absolute atomic E-state index is 0.0203. The molecular weight excluding hydrogens is 642 g/mol. The van der Waals surface area contributed by atoms with E-state index in [-0.39, 0.29) is 41.0 Å². The smallest absolute Gasteiger partial charge is 0.303 e. The normalized spacial score (nSPS) is 18.6. The Hall–Kier alpha value is -2.26. The van der Waals surface area contributed by atoms with E-state index in [0.717, 1.165) is 17.0 Å². The van der Waals surface area contributed by atoms with Crippen LogP contribution in [0.4, 0.5) is 14.6 Å². The molecule has 0 bridgehead atoms. The first-order chi connectivity index (χ1) is 20.2. The predicted molar refractivity (Wildman–Crippen MR) is 177 cm³/mol. The fourth-order valence-corrected chi connectivity index (χ4v) is 6.05. The van der Waals surface area contributed by atoms with Gasteiger partial charge >= 0.3 is 5.97 Å². The number of hydrogen-bond donors (Lipinski definition) is 2. The minimum Gasteiger partial charge on any atom is -0.481 e. The molecule has 1 fully saturated rings. The molecule has 0 spiro atoms. The number of aliphatic carboxylic acids is 1. The predicted octanol–water partition coefficient (Wildman–Crippen LogP) is 2.32. The van der Waals surface area contributed by atoms with Gasteiger partial charge in [-0.3, -0.25) is 9.59 Å². The van der Waals surface area contributed by atoms with Crippen molar-refractivity contribution in [3.8, 4) is 0 Å². The number of pyridine rings is 1. The van der Waals surface area contributed by atoms with Gasteiger partial charge in [-0.1, -0.05) is 27.5 Å². The summed E-state index contributed by atoms with van der Waals surface area (Å²) in [7, 11) is 50.2. The number of carbonyl (C=O) groups excluding carboxylic acids is 1. The molecule has 1 aliphatic rings. The summed E-state index contributed by atoms with van der Waals surface area (Å²) in [6.45, 7) is 1.16. The fourth-order valence-electron chi connectivity index (χ4n) is 5.38. The number of carbonyl (C=O) groups is 2. The molecule has 1 amide bonds. The van der Waals surface area contributed by atoms with E-state index < -0.39 is 62.0 Å². The van der Waals surface area contributed by atoms with Crippen LogP contribution < -0.4 is 10.2 Å². The summed E-state index contributed by atoms with van der Waals surface area (Å²) in [5, 5.41) is 2.55. The van der Waals surface area contributed by atoms with E-state index in [1.54, 1.807) is 18.2 Å². The summed E-state index contributed by atoms with van der Waals surface area (Å²) >= 11 is 9.45. The Balaban J connectivity index is 1.85. The lowest BCUT2D eigenvalue weighted by Crippen LogP contribution is -2.60. The number of halogens is 4. The van der Waals surface area contributed by atoms with Crippen molar-refractivity contribution in [3.63, 3.8) is 0 Å².